The van der Waals surface area contributed by atoms with Gasteiger partial charge in [0.2, 0.25) is 0 Å². The van der Waals surface area contributed by atoms with Crippen LogP contribution in [0.4, 0.5) is 0 Å². The van der Waals surface area contributed by atoms with Gasteiger partial charge in [-0.25, -0.2) is 0 Å². The van der Waals surface area contributed by atoms with Crippen LogP contribution in [0.3, 0.4) is 0 Å². The van der Waals surface area contributed by atoms with Crippen LogP contribution in [-0.4, -0.2) is 11.0 Å². The second kappa shape index (κ2) is 4.92. The molecule has 2 unspecified atom stereocenters. The maximum atomic E-state index is 2.39. The highest BCUT2D eigenvalue weighted by molar-refractivity contribution is 8.00. The average molecular weight is 214 g/mol. The minimum absolute atomic E-state index is 0.500. The molecule has 2 atom stereocenters. The lowest BCUT2D eigenvalue weighted by atomic mass is 9.82. The highest BCUT2D eigenvalue weighted by Crippen LogP contribution is 2.41. The Bertz CT molecular complexity index is 167. The van der Waals surface area contributed by atoms with Crippen LogP contribution in [0.2, 0.25) is 0 Å². The summed E-state index contributed by atoms with van der Waals surface area (Å²) in [6.07, 6.45) is 4.34. The van der Waals surface area contributed by atoms with Crippen molar-refractivity contribution in [3.05, 3.63) is 0 Å². The van der Waals surface area contributed by atoms with Crippen LogP contribution in [0.25, 0.3) is 0 Å². The van der Waals surface area contributed by atoms with Gasteiger partial charge in [0.25, 0.3) is 0 Å². The fourth-order valence-corrected chi connectivity index (χ4v) is 4.01. The van der Waals surface area contributed by atoms with Gasteiger partial charge in [0, 0.05) is 5.25 Å². The van der Waals surface area contributed by atoms with E-state index >= 15 is 0 Å². The van der Waals surface area contributed by atoms with E-state index in [9.17, 15) is 0 Å². The Labute approximate surface area is 94.2 Å². The van der Waals surface area contributed by atoms with Crippen molar-refractivity contribution in [3.63, 3.8) is 0 Å². The first-order valence-corrected chi connectivity index (χ1v) is 7.06. The van der Waals surface area contributed by atoms with Crippen LogP contribution in [0.15, 0.2) is 0 Å². The van der Waals surface area contributed by atoms with Gasteiger partial charge in [-0.2, -0.15) is 11.8 Å². The first kappa shape index (κ1) is 12.4. The van der Waals surface area contributed by atoms with Crippen LogP contribution in [0.5, 0.6) is 0 Å². The normalized spacial score (nSPS) is 29.6. The summed E-state index contributed by atoms with van der Waals surface area (Å²) in [5.74, 6) is 3.27. The van der Waals surface area contributed by atoms with Gasteiger partial charge in [-0.15, -0.1) is 0 Å². The Kier molecular flexibility index (Phi) is 4.36. The molecule has 0 aliphatic carbocycles. The third-order valence-corrected chi connectivity index (χ3v) is 4.94. The molecule has 1 aliphatic heterocycles. The number of hydrogen-bond acceptors (Lipinski definition) is 1. The monoisotopic (exact) mass is 214 g/mol. The van der Waals surface area contributed by atoms with Crippen molar-refractivity contribution in [2.75, 3.05) is 5.75 Å². The van der Waals surface area contributed by atoms with Crippen molar-refractivity contribution in [2.45, 2.75) is 59.1 Å². The van der Waals surface area contributed by atoms with Gasteiger partial charge >= 0.3 is 0 Å². The highest BCUT2D eigenvalue weighted by atomic mass is 32.2. The van der Waals surface area contributed by atoms with E-state index in [0.29, 0.717) is 5.41 Å². The lowest BCUT2D eigenvalue weighted by Gasteiger charge is -2.37. The molecule has 1 aliphatic rings. The van der Waals surface area contributed by atoms with Gasteiger partial charge < -0.3 is 0 Å². The Morgan fingerprint density at radius 3 is 2.43 bits per heavy atom. The van der Waals surface area contributed by atoms with Gasteiger partial charge in [-0.3, -0.25) is 0 Å². The van der Waals surface area contributed by atoms with E-state index in [0.717, 1.165) is 17.1 Å². The first-order chi connectivity index (χ1) is 6.39. The lowest BCUT2D eigenvalue weighted by Crippen LogP contribution is -2.30. The van der Waals surface area contributed by atoms with Crippen molar-refractivity contribution in [2.24, 2.45) is 17.3 Å². The molecule has 0 radical (unpaired) electrons. The zero-order chi connectivity index (χ0) is 10.8. The average Bonchev–Trinajstić information content (AvgIpc) is 2.01. The fourth-order valence-electron chi connectivity index (χ4n) is 2.35. The molecule has 1 rings (SSSR count). The predicted octanol–water partition coefficient (Wildman–Crippen LogP) is 4.59. The third kappa shape index (κ3) is 3.84. The number of thioether (sulfide) groups is 1. The largest absolute Gasteiger partial charge is 0.158 e. The van der Waals surface area contributed by atoms with Crippen LogP contribution < -0.4 is 0 Å². The van der Waals surface area contributed by atoms with Crippen molar-refractivity contribution in [1.82, 2.24) is 0 Å². The molecule has 0 aromatic heterocycles. The molecule has 1 saturated heterocycles. The SMILES string of the molecule is CC(C)CC1CCSC(C(C)(C)C)C1. The van der Waals surface area contributed by atoms with Gasteiger partial charge in [0.1, 0.15) is 0 Å². The van der Waals surface area contributed by atoms with E-state index in [1.54, 1.807) is 0 Å². The van der Waals surface area contributed by atoms with E-state index in [2.05, 4.69) is 46.4 Å². The van der Waals surface area contributed by atoms with E-state index in [1.807, 2.05) is 0 Å². The Balaban J connectivity index is 2.44. The third-order valence-electron chi connectivity index (χ3n) is 3.16. The number of hydrogen-bond donors (Lipinski definition) is 0. The molecule has 14 heavy (non-hydrogen) atoms. The van der Waals surface area contributed by atoms with Crippen molar-refractivity contribution >= 4 is 11.8 Å². The molecule has 0 N–H and O–H groups in total. The molecule has 1 fully saturated rings. The Morgan fingerprint density at radius 2 is 1.93 bits per heavy atom. The zero-order valence-corrected chi connectivity index (χ0v) is 11.3. The molecule has 84 valence electrons. The summed E-state index contributed by atoms with van der Waals surface area (Å²) in [5, 5.41) is 0.889. The summed E-state index contributed by atoms with van der Waals surface area (Å²) in [5.41, 5.74) is 0.500. The summed E-state index contributed by atoms with van der Waals surface area (Å²) in [7, 11) is 0. The summed E-state index contributed by atoms with van der Waals surface area (Å²) < 4.78 is 0. The minimum atomic E-state index is 0.500. The molecule has 0 aromatic carbocycles. The van der Waals surface area contributed by atoms with Crippen LogP contribution in [0, 0.1) is 17.3 Å². The van der Waals surface area contributed by atoms with E-state index < -0.39 is 0 Å². The maximum Gasteiger partial charge on any atom is 0.00982 e. The Morgan fingerprint density at radius 1 is 1.29 bits per heavy atom. The molecule has 0 bridgehead atoms. The minimum Gasteiger partial charge on any atom is -0.158 e. The molecule has 1 heteroatoms. The van der Waals surface area contributed by atoms with Crippen molar-refractivity contribution < 1.29 is 0 Å². The molecule has 0 aromatic rings. The standard InChI is InChI=1S/C13H26S/c1-10(2)8-11-6-7-14-12(9-11)13(3,4)5/h10-12H,6-9H2,1-5H3. The summed E-state index contributed by atoms with van der Waals surface area (Å²) in [6, 6.07) is 0. The topological polar surface area (TPSA) is 0 Å². The smallest absolute Gasteiger partial charge is 0.00982 e. The van der Waals surface area contributed by atoms with E-state index in [1.165, 1.54) is 25.0 Å². The van der Waals surface area contributed by atoms with Gasteiger partial charge in [-0.1, -0.05) is 34.6 Å². The molecule has 0 amide bonds. The maximum absolute atomic E-state index is 2.39. The van der Waals surface area contributed by atoms with E-state index in [-0.39, 0.29) is 0 Å². The Hall–Kier alpha value is 0.350. The molecule has 1 heterocycles. The molecule has 0 saturated carbocycles. The molecule has 0 nitrogen and oxygen atoms in total. The van der Waals surface area contributed by atoms with Crippen molar-refractivity contribution in [3.8, 4) is 0 Å². The second-order valence-electron chi connectivity index (χ2n) is 6.25. The zero-order valence-electron chi connectivity index (χ0n) is 10.5. The van der Waals surface area contributed by atoms with Gasteiger partial charge in [-0.05, 0) is 42.3 Å². The van der Waals surface area contributed by atoms with E-state index in [4.69, 9.17) is 0 Å². The van der Waals surface area contributed by atoms with Gasteiger partial charge in [0.15, 0.2) is 0 Å². The fraction of sp³-hybridized carbons (Fsp3) is 1.00. The predicted molar refractivity (Wildman–Crippen MR) is 67.9 cm³/mol. The van der Waals surface area contributed by atoms with Gasteiger partial charge in [0.05, 0.1) is 0 Å². The van der Waals surface area contributed by atoms with Crippen LogP contribution >= 0.6 is 11.8 Å². The number of rotatable bonds is 2. The summed E-state index contributed by atoms with van der Waals surface area (Å²) in [6.45, 7) is 11.9. The first-order valence-electron chi connectivity index (χ1n) is 6.01. The quantitative estimate of drug-likeness (QED) is 0.648. The summed E-state index contributed by atoms with van der Waals surface area (Å²) in [4.78, 5) is 0. The lowest BCUT2D eigenvalue weighted by molar-refractivity contribution is 0.293. The van der Waals surface area contributed by atoms with Crippen LogP contribution in [-0.2, 0) is 0 Å². The molecular weight excluding hydrogens is 188 g/mol. The molecule has 0 spiro atoms. The van der Waals surface area contributed by atoms with Crippen molar-refractivity contribution in [1.29, 1.82) is 0 Å². The molecular formula is C13H26S. The highest BCUT2D eigenvalue weighted by Gasteiger charge is 2.31. The second-order valence-corrected chi connectivity index (χ2v) is 7.56. The van der Waals surface area contributed by atoms with Crippen LogP contribution in [0.1, 0.15) is 53.9 Å². The summed E-state index contributed by atoms with van der Waals surface area (Å²) >= 11 is 2.20.